The maximum Gasteiger partial charge on any atom is 0.0477 e. The van der Waals surface area contributed by atoms with Gasteiger partial charge in [0.1, 0.15) is 0 Å². The van der Waals surface area contributed by atoms with Gasteiger partial charge in [0.05, 0.1) is 0 Å². The summed E-state index contributed by atoms with van der Waals surface area (Å²) in [6.45, 7) is 4.64. The Hall–Kier alpha value is -1.80. The summed E-state index contributed by atoms with van der Waals surface area (Å²) in [6.07, 6.45) is 4.36. The molecule has 1 aliphatic rings. The van der Waals surface area contributed by atoms with Crippen LogP contribution in [0.5, 0.6) is 0 Å². The van der Waals surface area contributed by atoms with E-state index in [1.165, 1.54) is 38.0 Å². The van der Waals surface area contributed by atoms with Gasteiger partial charge in [-0.2, -0.15) is 0 Å². The van der Waals surface area contributed by atoms with Crippen molar-refractivity contribution in [3.63, 3.8) is 0 Å². The van der Waals surface area contributed by atoms with Crippen molar-refractivity contribution in [2.75, 3.05) is 0 Å². The van der Waals surface area contributed by atoms with E-state index in [2.05, 4.69) is 96.1 Å². The van der Waals surface area contributed by atoms with Crippen molar-refractivity contribution in [3.8, 4) is 22.4 Å². The Morgan fingerprint density at radius 1 is 0.917 bits per heavy atom. The second kappa shape index (κ2) is 5.63. The summed E-state index contributed by atoms with van der Waals surface area (Å²) >= 11 is 3.67. The van der Waals surface area contributed by atoms with Gasteiger partial charge in [-0.3, -0.25) is 0 Å². The monoisotopic (exact) mass is 379 g/mol. The van der Waals surface area contributed by atoms with E-state index in [1.807, 2.05) is 0 Å². The fraction of sp³-hybridized carbons (Fsp3) is 0.273. The zero-order valence-corrected chi connectivity index (χ0v) is 16.0. The summed E-state index contributed by atoms with van der Waals surface area (Å²) < 4.78 is 3.36. The molecule has 0 N–H and O–H groups in total. The van der Waals surface area contributed by atoms with Gasteiger partial charge in [-0.25, -0.2) is 0 Å². The van der Waals surface area contributed by atoms with Crippen molar-refractivity contribution >= 4 is 15.9 Å². The van der Waals surface area contributed by atoms with Crippen LogP contribution in [0, 0.1) is 0 Å². The number of nitrogens with zero attached hydrogens (tertiary/aromatic N) is 1. The number of hydrogen-bond acceptors (Lipinski definition) is 0. The highest BCUT2D eigenvalue weighted by molar-refractivity contribution is 9.10. The number of fused-ring (bicyclic) bond motifs is 3. The topological polar surface area (TPSA) is 4.93 Å². The van der Waals surface area contributed by atoms with E-state index in [0.29, 0.717) is 0 Å². The van der Waals surface area contributed by atoms with Gasteiger partial charge in [0.25, 0.3) is 0 Å². The summed E-state index contributed by atoms with van der Waals surface area (Å²) in [4.78, 5) is 0. The number of benzene rings is 2. The molecule has 24 heavy (non-hydrogen) atoms. The standard InChI is InChI=1S/C22H22BrN/c1-4-22(5-2)19-13-15(21-7-6-12-24(21)3)8-10-17(19)18-11-9-16(23)14-20(18)22/h6-14H,4-5H2,1-3H3. The Bertz CT molecular complexity index is 915. The second-order valence-corrected chi connectivity index (χ2v) is 7.66. The van der Waals surface area contributed by atoms with Gasteiger partial charge in [-0.05, 0) is 71.0 Å². The zero-order chi connectivity index (χ0) is 16.9. The van der Waals surface area contributed by atoms with Gasteiger partial charge >= 0.3 is 0 Å². The average molecular weight is 380 g/mol. The van der Waals surface area contributed by atoms with Crippen molar-refractivity contribution in [1.29, 1.82) is 0 Å². The maximum absolute atomic E-state index is 3.67. The van der Waals surface area contributed by atoms with E-state index in [-0.39, 0.29) is 5.41 Å². The van der Waals surface area contributed by atoms with E-state index in [0.717, 1.165) is 12.8 Å². The molecule has 0 aliphatic heterocycles. The lowest BCUT2D eigenvalue weighted by Gasteiger charge is -2.30. The highest BCUT2D eigenvalue weighted by Crippen LogP contribution is 2.53. The fourth-order valence-corrected chi connectivity index (χ4v) is 4.76. The van der Waals surface area contributed by atoms with Crippen molar-refractivity contribution < 1.29 is 0 Å². The number of aromatic nitrogens is 1. The number of hydrogen-bond donors (Lipinski definition) is 0. The summed E-state index contributed by atoms with van der Waals surface area (Å²) in [6, 6.07) is 18.1. The predicted molar refractivity (Wildman–Crippen MR) is 105 cm³/mol. The summed E-state index contributed by atoms with van der Waals surface area (Å²) in [5, 5.41) is 0. The molecule has 0 spiro atoms. The molecular formula is C22H22BrN. The van der Waals surface area contributed by atoms with Crippen LogP contribution in [0.25, 0.3) is 22.4 Å². The third-order valence-electron chi connectivity index (χ3n) is 5.77. The molecule has 0 radical (unpaired) electrons. The van der Waals surface area contributed by atoms with E-state index >= 15 is 0 Å². The molecule has 1 nitrogen and oxygen atoms in total. The van der Waals surface area contributed by atoms with E-state index < -0.39 is 0 Å². The first-order valence-electron chi connectivity index (χ1n) is 8.67. The Balaban J connectivity index is 1.99. The third kappa shape index (κ3) is 2.05. The van der Waals surface area contributed by atoms with Crippen LogP contribution < -0.4 is 0 Å². The van der Waals surface area contributed by atoms with Crippen LogP contribution in [-0.4, -0.2) is 4.57 Å². The minimum Gasteiger partial charge on any atom is -0.351 e. The van der Waals surface area contributed by atoms with Gasteiger partial charge in [0.2, 0.25) is 0 Å². The minimum atomic E-state index is 0.121. The predicted octanol–water partition coefficient (Wildman–Crippen LogP) is 6.54. The molecule has 3 aromatic rings. The molecule has 0 amide bonds. The first-order chi connectivity index (χ1) is 11.6. The normalized spacial score (nSPS) is 14.5. The van der Waals surface area contributed by atoms with Gasteiger partial charge < -0.3 is 4.57 Å². The Morgan fingerprint density at radius 2 is 1.58 bits per heavy atom. The molecule has 1 heterocycles. The molecule has 1 aromatic heterocycles. The summed E-state index contributed by atoms with van der Waals surface area (Å²) in [5.74, 6) is 0. The molecule has 0 atom stereocenters. The van der Waals surface area contributed by atoms with Gasteiger partial charge in [-0.1, -0.05) is 48.0 Å². The summed E-state index contributed by atoms with van der Waals surface area (Å²) in [7, 11) is 2.11. The molecular weight excluding hydrogens is 358 g/mol. The van der Waals surface area contributed by atoms with Crippen LogP contribution in [0.4, 0.5) is 0 Å². The van der Waals surface area contributed by atoms with Crippen LogP contribution in [0.15, 0.2) is 59.2 Å². The molecule has 0 saturated carbocycles. The fourth-order valence-electron chi connectivity index (χ4n) is 4.40. The second-order valence-electron chi connectivity index (χ2n) is 6.74. The first kappa shape index (κ1) is 15.7. The van der Waals surface area contributed by atoms with Gasteiger partial charge in [0.15, 0.2) is 0 Å². The third-order valence-corrected chi connectivity index (χ3v) is 6.26. The van der Waals surface area contributed by atoms with Crippen LogP contribution in [0.1, 0.15) is 37.8 Å². The average Bonchev–Trinajstić information content (AvgIpc) is 3.13. The van der Waals surface area contributed by atoms with E-state index in [9.17, 15) is 0 Å². The van der Waals surface area contributed by atoms with Crippen molar-refractivity contribution in [1.82, 2.24) is 4.57 Å². The Morgan fingerprint density at radius 3 is 2.21 bits per heavy atom. The lowest BCUT2D eigenvalue weighted by Crippen LogP contribution is -2.23. The largest absolute Gasteiger partial charge is 0.351 e. The molecule has 0 fully saturated rings. The molecule has 2 heteroatoms. The molecule has 2 aromatic carbocycles. The van der Waals surface area contributed by atoms with E-state index in [4.69, 9.17) is 0 Å². The number of rotatable bonds is 3. The molecule has 1 aliphatic carbocycles. The zero-order valence-electron chi connectivity index (χ0n) is 14.4. The number of halogens is 1. The smallest absolute Gasteiger partial charge is 0.0477 e. The van der Waals surface area contributed by atoms with Gasteiger partial charge in [0, 0.05) is 28.8 Å². The van der Waals surface area contributed by atoms with Gasteiger partial charge in [-0.15, -0.1) is 0 Å². The van der Waals surface area contributed by atoms with Crippen LogP contribution >= 0.6 is 15.9 Å². The van der Waals surface area contributed by atoms with Crippen LogP contribution in [0.2, 0.25) is 0 Å². The lowest BCUT2D eigenvalue weighted by atomic mass is 9.73. The molecule has 0 saturated heterocycles. The molecule has 122 valence electrons. The SMILES string of the molecule is CCC1(CC)c2cc(Br)ccc2-c2ccc(-c3cccn3C)cc21. The number of aryl methyl sites for hydroxylation is 1. The molecule has 0 unspecified atom stereocenters. The van der Waals surface area contributed by atoms with Crippen molar-refractivity contribution in [2.45, 2.75) is 32.1 Å². The van der Waals surface area contributed by atoms with Crippen LogP contribution in [0.3, 0.4) is 0 Å². The highest BCUT2D eigenvalue weighted by Gasteiger charge is 2.40. The quantitative estimate of drug-likeness (QED) is 0.486. The first-order valence-corrected chi connectivity index (χ1v) is 9.46. The lowest BCUT2D eigenvalue weighted by molar-refractivity contribution is 0.490. The van der Waals surface area contributed by atoms with Crippen molar-refractivity contribution in [2.24, 2.45) is 7.05 Å². The van der Waals surface area contributed by atoms with E-state index in [1.54, 1.807) is 0 Å². The highest BCUT2D eigenvalue weighted by atomic mass is 79.9. The molecule has 0 bridgehead atoms. The maximum atomic E-state index is 3.67. The minimum absolute atomic E-state index is 0.121. The van der Waals surface area contributed by atoms with Crippen LogP contribution in [-0.2, 0) is 12.5 Å². The molecule has 4 rings (SSSR count). The summed E-state index contributed by atoms with van der Waals surface area (Å²) in [5.41, 5.74) is 8.46. The Kier molecular flexibility index (Phi) is 3.69. The Labute approximate surface area is 152 Å². The van der Waals surface area contributed by atoms with Crippen molar-refractivity contribution in [3.05, 3.63) is 70.3 Å².